The van der Waals surface area contributed by atoms with Gasteiger partial charge in [0.1, 0.15) is 11.5 Å². The number of hydrogen-bond donors (Lipinski definition) is 0. The zero-order valence-electron chi connectivity index (χ0n) is 38.6. The van der Waals surface area contributed by atoms with Gasteiger partial charge in [0.2, 0.25) is 0 Å². The summed E-state index contributed by atoms with van der Waals surface area (Å²) in [5.74, 6) is -1.17. The number of nitrogens with zero attached hydrogens (tertiary/aromatic N) is 2. The number of carbonyl (C=O) groups is 4. The second kappa shape index (κ2) is 29.0. The van der Waals surface area contributed by atoms with Gasteiger partial charge >= 0.3 is 23.9 Å². The number of rotatable bonds is 28. The van der Waals surface area contributed by atoms with Crippen molar-refractivity contribution in [2.24, 2.45) is 9.98 Å². The highest BCUT2D eigenvalue weighted by Gasteiger charge is 2.13. The van der Waals surface area contributed by atoms with Crippen molar-refractivity contribution in [3.63, 3.8) is 0 Å². The summed E-state index contributed by atoms with van der Waals surface area (Å²) in [4.78, 5) is 59.7. The fourth-order valence-corrected chi connectivity index (χ4v) is 7.00. The highest BCUT2D eigenvalue weighted by atomic mass is 16.5. The predicted octanol–water partition coefficient (Wildman–Crippen LogP) is 14.2. The molecule has 10 nitrogen and oxygen atoms in total. The summed E-state index contributed by atoms with van der Waals surface area (Å²) in [7, 11) is 0. The van der Waals surface area contributed by atoms with Crippen LogP contribution in [0.3, 0.4) is 0 Å². The van der Waals surface area contributed by atoms with Crippen molar-refractivity contribution in [3.05, 3.63) is 155 Å². The van der Waals surface area contributed by atoms with Crippen molar-refractivity contribution in [2.75, 3.05) is 13.2 Å². The first kappa shape index (κ1) is 50.3. The summed E-state index contributed by atoms with van der Waals surface area (Å²) >= 11 is 0. The van der Waals surface area contributed by atoms with E-state index in [1.54, 1.807) is 109 Å². The van der Waals surface area contributed by atoms with Crippen molar-refractivity contribution < 1.29 is 38.1 Å². The highest BCUT2D eigenvalue weighted by Crippen LogP contribution is 2.21. The molecule has 66 heavy (non-hydrogen) atoms. The third-order valence-electron chi connectivity index (χ3n) is 10.9. The number of esters is 4. The first-order chi connectivity index (χ1) is 32.3. The molecule has 0 N–H and O–H groups in total. The minimum Gasteiger partial charge on any atom is -0.462 e. The van der Waals surface area contributed by atoms with E-state index in [9.17, 15) is 19.2 Å². The summed E-state index contributed by atoms with van der Waals surface area (Å²) < 4.78 is 21.9. The minimum absolute atomic E-state index is 0.325. The number of hydrogen-bond acceptors (Lipinski definition) is 10. The lowest BCUT2D eigenvalue weighted by Gasteiger charge is -2.07. The SMILES string of the molecule is CCCCCCCCCCOC(=O)c1ccc(OC(=O)c2ccc(N=Cc3cccc(C=Nc4ccc(C(=O)Oc5ccc(C(=O)OCCCCCCCCCC)cc5)cc4)c3)cc2)cc1. The van der Waals surface area contributed by atoms with E-state index in [4.69, 9.17) is 18.9 Å². The van der Waals surface area contributed by atoms with Gasteiger partial charge in [-0.05, 0) is 127 Å². The summed E-state index contributed by atoms with van der Waals surface area (Å²) in [5.41, 5.74) is 4.55. The summed E-state index contributed by atoms with van der Waals surface area (Å²) in [5, 5.41) is 0. The molecule has 0 aliphatic carbocycles. The van der Waals surface area contributed by atoms with Crippen LogP contribution in [0.1, 0.15) is 169 Å². The third kappa shape index (κ3) is 18.4. The summed E-state index contributed by atoms with van der Waals surface area (Å²) in [6.07, 6.45) is 22.2. The number of unbranched alkanes of at least 4 members (excludes halogenated alkanes) is 14. The molecular formula is C56H64N2O8. The van der Waals surface area contributed by atoms with Crippen molar-refractivity contribution in [2.45, 2.75) is 117 Å². The molecule has 0 spiro atoms. The molecular weight excluding hydrogens is 829 g/mol. The van der Waals surface area contributed by atoms with Gasteiger partial charge in [-0.2, -0.15) is 0 Å². The van der Waals surface area contributed by atoms with E-state index in [1.807, 2.05) is 24.3 Å². The fraction of sp³-hybridized carbons (Fsp3) is 0.357. The first-order valence-electron chi connectivity index (χ1n) is 23.7. The Morgan fingerprint density at radius 2 is 0.712 bits per heavy atom. The van der Waals surface area contributed by atoms with Crippen molar-refractivity contribution in [1.29, 1.82) is 0 Å². The summed E-state index contributed by atoms with van der Waals surface area (Å²) in [6, 6.07) is 33.9. The van der Waals surface area contributed by atoms with E-state index in [2.05, 4.69) is 23.8 Å². The maximum atomic E-state index is 12.8. The maximum Gasteiger partial charge on any atom is 0.343 e. The maximum absolute atomic E-state index is 12.8. The molecule has 0 amide bonds. The molecule has 0 radical (unpaired) electrons. The molecule has 5 aromatic rings. The molecule has 346 valence electrons. The van der Waals surface area contributed by atoms with Crippen LogP contribution in [0.15, 0.2) is 131 Å². The van der Waals surface area contributed by atoms with Gasteiger partial charge in [-0.3, -0.25) is 9.98 Å². The normalized spacial score (nSPS) is 11.2. The van der Waals surface area contributed by atoms with Gasteiger partial charge in [0.15, 0.2) is 0 Å². The predicted molar refractivity (Wildman–Crippen MR) is 262 cm³/mol. The second-order valence-electron chi connectivity index (χ2n) is 16.3. The zero-order valence-corrected chi connectivity index (χ0v) is 38.6. The molecule has 5 rings (SSSR count). The highest BCUT2D eigenvalue weighted by molar-refractivity contribution is 5.94. The van der Waals surface area contributed by atoms with E-state index in [0.717, 1.165) is 49.7 Å². The van der Waals surface area contributed by atoms with E-state index >= 15 is 0 Å². The van der Waals surface area contributed by atoms with Crippen LogP contribution in [0.5, 0.6) is 11.5 Å². The quantitative estimate of drug-likeness (QED) is 0.0210. The molecule has 0 aliphatic rings. The first-order valence-corrected chi connectivity index (χ1v) is 23.7. The van der Waals surface area contributed by atoms with Gasteiger partial charge < -0.3 is 18.9 Å². The lowest BCUT2D eigenvalue weighted by molar-refractivity contribution is 0.0488. The lowest BCUT2D eigenvalue weighted by atomic mass is 10.1. The van der Waals surface area contributed by atoms with E-state index in [1.165, 1.54) is 64.2 Å². The van der Waals surface area contributed by atoms with Crippen LogP contribution in [-0.2, 0) is 9.47 Å². The average molecular weight is 893 g/mol. The van der Waals surface area contributed by atoms with Gasteiger partial charge in [-0.1, -0.05) is 122 Å². The molecule has 0 atom stereocenters. The standard InChI is InChI=1S/C56H64N2O8/c1-3-5-7-9-11-13-15-17-38-63-53(59)45-26-34-51(35-27-45)65-55(61)47-22-30-49(31-23-47)57-41-43-20-19-21-44(40-43)42-58-50-32-24-48(25-33-50)56(62)66-52-36-28-46(29-37-52)54(60)64-39-18-16-14-12-10-8-6-4-2/h19-37,40-42H,3-18,38-39H2,1-2H3. The van der Waals surface area contributed by atoms with Gasteiger partial charge in [-0.25, -0.2) is 19.2 Å². The Morgan fingerprint density at radius 3 is 1.08 bits per heavy atom. The second-order valence-corrected chi connectivity index (χ2v) is 16.3. The van der Waals surface area contributed by atoms with Gasteiger partial charge in [0.05, 0.1) is 46.8 Å². The van der Waals surface area contributed by atoms with Crippen LogP contribution < -0.4 is 9.47 Å². The minimum atomic E-state index is -0.525. The van der Waals surface area contributed by atoms with Crippen molar-refractivity contribution in [3.8, 4) is 11.5 Å². The molecule has 0 bridgehead atoms. The van der Waals surface area contributed by atoms with E-state index < -0.39 is 11.9 Å². The monoisotopic (exact) mass is 892 g/mol. The molecule has 0 saturated heterocycles. The number of aliphatic imine (C=N–C) groups is 2. The third-order valence-corrected chi connectivity index (χ3v) is 10.9. The van der Waals surface area contributed by atoms with Gasteiger partial charge in [0.25, 0.3) is 0 Å². The molecule has 5 aromatic carbocycles. The Hall–Kier alpha value is -6.68. The van der Waals surface area contributed by atoms with Crippen molar-refractivity contribution in [1.82, 2.24) is 0 Å². The number of carbonyl (C=O) groups excluding carboxylic acids is 4. The van der Waals surface area contributed by atoms with Crippen molar-refractivity contribution >= 4 is 47.7 Å². The molecule has 0 unspecified atom stereocenters. The molecule has 0 heterocycles. The van der Waals surface area contributed by atoms with E-state index in [-0.39, 0.29) is 11.9 Å². The molecule has 0 fully saturated rings. The van der Waals surface area contributed by atoms with Gasteiger partial charge in [0, 0.05) is 12.4 Å². The van der Waals surface area contributed by atoms with Crippen LogP contribution in [0.4, 0.5) is 11.4 Å². The van der Waals surface area contributed by atoms with Crippen LogP contribution in [0.25, 0.3) is 0 Å². The Balaban J connectivity index is 1.01. The van der Waals surface area contributed by atoms with Crippen LogP contribution in [-0.4, -0.2) is 49.5 Å². The van der Waals surface area contributed by atoms with Crippen LogP contribution in [0.2, 0.25) is 0 Å². The Morgan fingerprint density at radius 1 is 0.394 bits per heavy atom. The molecule has 10 heteroatoms. The largest absolute Gasteiger partial charge is 0.462 e. The Labute approximate surface area is 390 Å². The van der Waals surface area contributed by atoms with Crippen LogP contribution >= 0.6 is 0 Å². The Bertz CT molecular complexity index is 2140. The smallest absolute Gasteiger partial charge is 0.343 e. The lowest BCUT2D eigenvalue weighted by Crippen LogP contribution is -2.09. The van der Waals surface area contributed by atoms with Crippen LogP contribution in [0, 0.1) is 0 Å². The zero-order chi connectivity index (χ0) is 46.6. The number of benzene rings is 5. The number of ether oxygens (including phenoxy) is 4. The fourth-order valence-electron chi connectivity index (χ4n) is 7.00. The summed E-state index contributed by atoms with van der Waals surface area (Å²) in [6.45, 7) is 5.22. The van der Waals surface area contributed by atoms with E-state index in [0.29, 0.717) is 58.3 Å². The molecule has 0 saturated carbocycles. The Kier molecular flexibility index (Phi) is 22.1. The average Bonchev–Trinajstić information content (AvgIpc) is 3.34. The topological polar surface area (TPSA) is 130 Å². The molecule has 0 aliphatic heterocycles. The molecule has 0 aromatic heterocycles. The van der Waals surface area contributed by atoms with Gasteiger partial charge in [-0.15, -0.1) is 0 Å².